The van der Waals surface area contributed by atoms with Crippen LogP contribution in [0.1, 0.15) is 35.7 Å². The number of hydrogen-bond acceptors (Lipinski definition) is 3. The average molecular weight is 258 g/mol. The molecule has 4 nitrogen and oxygen atoms in total. The Hall–Kier alpha value is -2.10. The van der Waals surface area contributed by atoms with Crippen LogP contribution in [0.4, 0.5) is 0 Å². The zero-order valence-electron chi connectivity index (χ0n) is 11.3. The molecule has 0 saturated heterocycles. The van der Waals surface area contributed by atoms with E-state index in [1.54, 1.807) is 6.92 Å². The molecule has 1 heterocycles. The SMILES string of the molecule is CCOC(=O)c1nc(CC)cn1Cc1ccccc1. The first-order chi connectivity index (χ1) is 9.24. The largest absolute Gasteiger partial charge is 0.460 e. The van der Waals surface area contributed by atoms with Crippen molar-refractivity contribution in [3.63, 3.8) is 0 Å². The number of ether oxygens (including phenoxy) is 1. The summed E-state index contributed by atoms with van der Waals surface area (Å²) in [5.74, 6) is 0.0145. The molecule has 0 fully saturated rings. The fraction of sp³-hybridized carbons (Fsp3) is 0.333. The minimum atomic E-state index is -0.363. The van der Waals surface area contributed by atoms with E-state index >= 15 is 0 Å². The fourth-order valence-corrected chi connectivity index (χ4v) is 1.90. The lowest BCUT2D eigenvalue weighted by atomic mass is 10.2. The fourth-order valence-electron chi connectivity index (χ4n) is 1.90. The molecule has 0 aliphatic carbocycles. The lowest BCUT2D eigenvalue weighted by Gasteiger charge is -2.06. The molecule has 100 valence electrons. The van der Waals surface area contributed by atoms with Gasteiger partial charge in [-0.15, -0.1) is 0 Å². The molecule has 2 rings (SSSR count). The normalized spacial score (nSPS) is 10.4. The molecule has 0 unspecified atom stereocenters. The van der Waals surface area contributed by atoms with Crippen LogP contribution in [0.15, 0.2) is 36.5 Å². The number of imidazole rings is 1. The van der Waals surface area contributed by atoms with Crippen molar-refractivity contribution in [1.82, 2.24) is 9.55 Å². The first kappa shape index (κ1) is 13.3. The zero-order valence-corrected chi connectivity index (χ0v) is 11.3. The average Bonchev–Trinajstić information content (AvgIpc) is 2.83. The lowest BCUT2D eigenvalue weighted by Crippen LogP contribution is -2.13. The molecule has 2 aromatic rings. The summed E-state index contributed by atoms with van der Waals surface area (Å²) in [6.45, 7) is 4.80. The van der Waals surface area contributed by atoms with Crippen LogP contribution in [0, 0.1) is 0 Å². The molecule has 1 aromatic carbocycles. The van der Waals surface area contributed by atoms with Gasteiger partial charge in [0.1, 0.15) is 0 Å². The smallest absolute Gasteiger partial charge is 0.374 e. The highest BCUT2D eigenvalue weighted by molar-refractivity contribution is 5.85. The third-order valence-electron chi connectivity index (χ3n) is 2.84. The van der Waals surface area contributed by atoms with E-state index in [9.17, 15) is 4.79 Å². The predicted octanol–water partition coefficient (Wildman–Crippen LogP) is 2.67. The van der Waals surface area contributed by atoms with Crippen LogP contribution in [0.3, 0.4) is 0 Å². The van der Waals surface area contributed by atoms with E-state index in [2.05, 4.69) is 4.98 Å². The summed E-state index contributed by atoms with van der Waals surface area (Å²) >= 11 is 0. The van der Waals surface area contributed by atoms with Crippen LogP contribution in [0.25, 0.3) is 0 Å². The summed E-state index contributed by atoms with van der Waals surface area (Å²) in [6, 6.07) is 10.00. The van der Waals surface area contributed by atoms with Gasteiger partial charge < -0.3 is 9.30 Å². The summed E-state index contributed by atoms with van der Waals surface area (Å²) in [7, 11) is 0. The molecule has 1 aromatic heterocycles. The molecule has 0 radical (unpaired) electrons. The molecular formula is C15H18N2O2. The van der Waals surface area contributed by atoms with E-state index in [0.717, 1.165) is 17.7 Å². The highest BCUT2D eigenvalue weighted by atomic mass is 16.5. The topological polar surface area (TPSA) is 44.1 Å². The van der Waals surface area contributed by atoms with Crippen molar-refractivity contribution in [2.75, 3.05) is 6.61 Å². The number of rotatable bonds is 5. The highest BCUT2D eigenvalue weighted by Crippen LogP contribution is 2.10. The number of carbonyl (C=O) groups is 1. The molecule has 19 heavy (non-hydrogen) atoms. The van der Waals surface area contributed by atoms with E-state index < -0.39 is 0 Å². The van der Waals surface area contributed by atoms with Gasteiger partial charge in [0.2, 0.25) is 5.82 Å². The maximum Gasteiger partial charge on any atom is 0.374 e. The van der Waals surface area contributed by atoms with E-state index in [1.807, 2.05) is 48.0 Å². The third-order valence-corrected chi connectivity index (χ3v) is 2.84. The number of nitrogens with zero attached hydrogens (tertiary/aromatic N) is 2. The van der Waals surface area contributed by atoms with Gasteiger partial charge in [0.05, 0.1) is 12.3 Å². The van der Waals surface area contributed by atoms with Crippen molar-refractivity contribution in [1.29, 1.82) is 0 Å². The number of esters is 1. The molecule has 0 aliphatic heterocycles. The molecule has 0 N–H and O–H groups in total. The standard InChI is InChI=1S/C15H18N2O2/c1-3-13-11-17(10-12-8-6-5-7-9-12)14(16-13)15(18)19-4-2/h5-9,11H,3-4,10H2,1-2H3. The summed E-state index contributed by atoms with van der Waals surface area (Å²) in [5, 5.41) is 0. The molecule has 4 heteroatoms. The van der Waals surface area contributed by atoms with E-state index in [4.69, 9.17) is 4.74 Å². The molecule has 0 spiro atoms. The monoisotopic (exact) mass is 258 g/mol. The number of aryl methyl sites for hydroxylation is 1. The van der Waals surface area contributed by atoms with Crippen LogP contribution >= 0.6 is 0 Å². The van der Waals surface area contributed by atoms with Crippen molar-refractivity contribution >= 4 is 5.97 Å². The maximum absolute atomic E-state index is 11.9. The second kappa shape index (κ2) is 6.18. The van der Waals surface area contributed by atoms with Crippen molar-refractivity contribution in [2.45, 2.75) is 26.8 Å². The van der Waals surface area contributed by atoms with Crippen molar-refractivity contribution in [2.24, 2.45) is 0 Å². The molecule has 0 saturated carbocycles. The summed E-state index contributed by atoms with van der Waals surface area (Å²) in [5.41, 5.74) is 2.03. The number of benzene rings is 1. The minimum absolute atomic E-state index is 0.360. The Labute approximate surface area is 113 Å². The summed E-state index contributed by atoms with van der Waals surface area (Å²) < 4.78 is 6.90. The Balaban J connectivity index is 2.28. The Morgan fingerprint density at radius 1 is 1.26 bits per heavy atom. The highest BCUT2D eigenvalue weighted by Gasteiger charge is 2.16. The van der Waals surface area contributed by atoms with Gasteiger partial charge >= 0.3 is 5.97 Å². The Kier molecular flexibility index (Phi) is 4.34. The molecular weight excluding hydrogens is 240 g/mol. The third kappa shape index (κ3) is 3.22. The van der Waals surface area contributed by atoms with Gasteiger partial charge in [-0.1, -0.05) is 37.3 Å². The first-order valence-corrected chi connectivity index (χ1v) is 6.51. The predicted molar refractivity (Wildman–Crippen MR) is 73.1 cm³/mol. The lowest BCUT2D eigenvalue weighted by molar-refractivity contribution is 0.0507. The molecule has 0 bridgehead atoms. The van der Waals surface area contributed by atoms with E-state index in [1.165, 1.54) is 0 Å². The van der Waals surface area contributed by atoms with Gasteiger partial charge in [0.15, 0.2) is 0 Å². The second-order valence-corrected chi connectivity index (χ2v) is 4.24. The van der Waals surface area contributed by atoms with E-state index in [-0.39, 0.29) is 5.97 Å². The Bertz CT molecular complexity index is 547. The zero-order chi connectivity index (χ0) is 13.7. The number of carbonyl (C=O) groups excluding carboxylic acids is 1. The van der Waals surface area contributed by atoms with E-state index in [0.29, 0.717) is 19.0 Å². The van der Waals surface area contributed by atoms with Crippen LogP contribution in [0.2, 0.25) is 0 Å². The van der Waals surface area contributed by atoms with Gasteiger partial charge in [-0.3, -0.25) is 0 Å². The van der Waals surface area contributed by atoms with Crippen molar-refractivity contribution in [3.05, 3.63) is 53.6 Å². The molecule has 0 amide bonds. The van der Waals surface area contributed by atoms with Crippen LogP contribution < -0.4 is 0 Å². The Morgan fingerprint density at radius 2 is 2.00 bits per heavy atom. The maximum atomic E-state index is 11.9. The minimum Gasteiger partial charge on any atom is -0.460 e. The summed E-state index contributed by atoms with van der Waals surface area (Å²) in [4.78, 5) is 16.2. The first-order valence-electron chi connectivity index (χ1n) is 6.51. The van der Waals surface area contributed by atoms with Gasteiger partial charge in [0, 0.05) is 12.7 Å². The van der Waals surface area contributed by atoms with Crippen molar-refractivity contribution < 1.29 is 9.53 Å². The van der Waals surface area contributed by atoms with Crippen LogP contribution in [-0.4, -0.2) is 22.1 Å². The van der Waals surface area contributed by atoms with Gasteiger partial charge in [-0.2, -0.15) is 0 Å². The van der Waals surface area contributed by atoms with Crippen LogP contribution in [0.5, 0.6) is 0 Å². The van der Waals surface area contributed by atoms with Crippen molar-refractivity contribution in [3.8, 4) is 0 Å². The summed E-state index contributed by atoms with van der Waals surface area (Å²) in [6.07, 6.45) is 2.72. The van der Waals surface area contributed by atoms with Gasteiger partial charge in [-0.25, -0.2) is 9.78 Å². The molecule has 0 atom stereocenters. The number of hydrogen-bond donors (Lipinski definition) is 0. The Morgan fingerprint density at radius 3 is 2.63 bits per heavy atom. The van der Waals surface area contributed by atoms with Gasteiger partial charge in [0.25, 0.3) is 0 Å². The number of aromatic nitrogens is 2. The van der Waals surface area contributed by atoms with Crippen LogP contribution in [-0.2, 0) is 17.7 Å². The second-order valence-electron chi connectivity index (χ2n) is 4.24. The van der Waals surface area contributed by atoms with Gasteiger partial charge in [-0.05, 0) is 18.9 Å². The molecule has 0 aliphatic rings. The quantitative estimate of drug-likeness (QED) is 0.774.